The van der Waals surface area contributed by atoms with Crippen molar-refractivity contribution in [1.82, 2.24) is 0 Å². The van der Waals surface area contributed by atoms with Crippen molar-refractivity contribution in [3.63, 3.8) is 0 Å². The molecule has 0 heterocycles. The van der Waals surface area contributed by atoms with Crippen molar-refractivity contribution < 1.29 is 19.5 Å². The van der Waals surface area contributed by atoms with Gasteiger partial charge in [-0.25, -0.2) is 0 Å². The summed E-state index contributed by atoms with van der Waals surface area (Å²) in [6, 6.07) is 7.22. The lowest BCUT2D eigenvalue weighted by Crippen LogP contribution is -2.23. The van der Waals surface area contributed by atoms with E-state index >= 15 is 0 Å². The molecule has 0 spiro atoms. The predicted octanol–water partition coefficient (Wildman–Crippen LogP) is 2.13. The summed E-state index contributed by atoms with van der Waals surface area (Å²) in [7, 11) is 0. The van der Waals surface area contributed by atoms with Gasteiger partial charge in [0.05, 0.1) is 22.4 Å². The van der Waals surface area contributed by atoms with E-state index in [4.69, 9.17) is 17.3 Å². The van der Waals surface area contributed by atoms with Gasteiger partial charge in [-0.15, -0.1) is 0 Å². The molecule has 2 aromatic carbocycles. The highest BCUT2D eigenvalue weighted by atomic mass is 35.5. The Bertz CT molecular complexity index is 842. The number of nitrogen functional groups attached to an aromatic ring is 1. The number of ketones is 2. The lowest BCUT2D eigenvalue weighted by atomic mass is 9.82. The zero-order valence-corrected chi connectivity index (χ0v) is 11.3. The molecule has 3 rings (SSSR count). The number of phenols is 1. The monoisotopic (exact) mass is 301 g/mol. The van der Waals surface area contributed by atoms with Crippen LogP contribution in [0.15, 0.2) is 30.3 Å². The first kappa shape index (κ1) is 13.3. The molecule has 0 unspecified atom stereocenters. The zero-order chi connectivity index (χ0) is 15.3. The Morgan fingerprint density at radius 2 is 1.57 bits per heavy atom. The Kier molecular flexibility index (Phi) is 2.81. The van der Waals surface area contributed by atoms with Gasteiger partial charge in [-0.05, 0) is 17.7 Å². The fourth-order valence-corrected chi connectivity index (χ4v) is 2.62. The lowest BCUT2D eigenvalue weighted by molar-refractivity contribution is 0.0976. The summed E-state index contributed by atoms with van der Waals surface area (Å²) in [5.74, 6) is -1.53. The number of halogens is 1. The van der Waals surface area contributed by atoms with E-state index in [2.05, 4.69) is 0 Å². The normalized spacial score (nSPS) is 12.8. The quantitative estimate of drug-likeness (QED) is 0.407. The molecule has 3 N–H and O–H groups in total. The van der Waals surface area contributed by atoms with Gasteiger partial charge < -0.3 is 10.8 Å². The molecule has 0 fully saturated rings. The summed E-state index contributed by atoms with van der Waals surface area (Å²) in [5, 5.41) is 9.07. The third-order valence-corrected chi connectivity index (χ3v) is 3.63. The molecular formula is C15H8ClNO4. The van der Waals surface area contributed by atoms with Crippen molar-refractivity contribution >= 4 is 34.1 Å². The first-order valence-corrected chi connectivity index (χ1v) is 6.35. The summed E-state index contributed by atoms with van der Waals surface area (Å²) in [5.41, 5.74) is 5.39. The SMILES string of the molecule is Nc1c(C(=O)Cl)cc(O)c2c1C(=O)c1ccccc1C2=O. The molecule has 5 nitrogen and oxygen atoms in total. The van der Waals surface area contributed by atoms with Crippen LogP contribution in [-0.2, 0) is 0 Å². The maximum Gasteiger partial charge on any atom is 0.254 e. The second-order valence-corrected chi connectivity index (χ2v) is 4.93. The van der Waals surface area contributed by atoms with Gasteiger partial charge in [0, 0.05) is 11.1 Å². The number of hydrogen-bond acceptors (Lipinski definition) is 5. The van der Waals surface area contributed by atoms with Crippen molar-refractivity contribution in [3.8, 4) is 5.75 Å². The van der Waals surface area contributed by atoms with E-state index < -0.39 is 22.6 Å². The van der Waals surface area contributed by atoms with Crippen molar-refractivity contribution in [2.45, 2.75) is 0 Å². The smallest absolute Gasteiger partial charge is 0.254 e. The van der Waals surface area contributed by atoms with Crippen LogP contribution in [0.2, 0.25) is 0 Å². The van der Waals surface area contributed by atoms with Gasteiger partial charge in [0.25, 0.3) is 5.24 Å². The Labute approximate surface area is 123 Å². The van der Waals surface area contributed by atoms with Gasteiger partial charge in [-0.1, -0.05) is 24.3 Å². The van der Waals surface area contributed by atoms with E-state index in [1.807, 2.05) is 0 Å². The van der Waals surface area contributed by atoms with Gasteiger partial charge in [0.15, 0.2) is 11.6 Å². The van der Waals surface area contributed by atoms with Crippen molar-refractivity contribution in [1.29, 1.82) is 0 Å². The second-order valence-electron chi connectivity index (χ2n) is 4.58. The van der Waals surface area contributed by atoms with Crippen LogP contribution in [0.25, 0.3) is 0 Å². The molecule has 0 aliphatic heterocycles. The molecule has 21 heavy (non-hydrogen) atoms. The number of rotatable bonds is 1. The molecule has 2 aromatic rings. The maximum absolute atomic E-state index is 12.5. The van der Waals surface area contributed by atoms with Crippen molar-refractivity contribution in [2.75, 3.05) is 5.73 Å². The number of carbonyl (C=O) groups is 3. The molecule has 0 atom stereocenters. The van der Waals surface area contributed by atoms with Crippen LogP contribution in [0.3, 0.4) is 0 Å². The Balaban J connectivity index is 2.41. The van der Waals surface area contributed by atoms with Gasteiger partial charge in [0.1, 0.15) is 5.75 Å². The van der Waals surface area contributed by atoms with E-state index in [9.17, 15) is 19.5 Å². The van der Waals surface area contributed by atoms with Crippen LogP contribution in [0.1, 0.15) is 42.2 Å². The Morgan fingerprint density at radius 1 is 1.05 bits per heavy atom. The van der Waals surface area contributed by atoms with Gasteiger partial charge in [-0.3, -0.25) is 14.4 Å². The second kappa shape index (κ2) is 4.43. The predicted molar refractivity (Wildman–Crippen MR) is 76.0 cm³/mol. The Hall–Kier alpha value is -2.66. The van der Waals surface area contributed by atoms with E-state index in [-0.39, 0.29) is 33.5 Å². The van der Waals surface area contributed by atoms with Crippen LogP contribution in [0.4, 0.5) is 5.69 Å². The first-order valence-electron chi connectivity index (χ1n) is 5.97. The van der Waals surface area contributed by atoms with Crippen LogP contribution >= 0.6 is 11.6 Å². The number of carbonyl (C=O) groups excluding carboxylic acids is 3. The Morgan fingerprint density at radius 3 is 2.10 bits per heavy atom. The fraction of sp³-hybridized carbons (Fsp3) is 0. The minimum Gasteiger partial charge on any atom is -0.507 e. The highest BCUT2D eigenvalue weighted by molar-refractivity contribution is 6.68. The van der Waals surface area contributed by atoms with Crippen LogP contribution in [-0.4, -0.2) is 21.9 Å². The van der Waals surface area contributed by atoms with Crippen molar-refractivity contribution in [3.05, 3.63) is 58.1 Å². The van der Waals surface area contributed by atoms with E-state index in [0.29, 0.717) is 0 Å². The standard InChI is InChI=1S/C15H8ClNO4/c16-15(21)8-5-9(18)10-11(12(8)17)14(20)7-4-2-1-3-6(7)13(10)19/h1-5,18H,17H2. The molecule has 1 aliphatic rings. The number of fused-ring (bicyclic) bond motifs is 2. The molecule has 0 bridgehead atoms. The van der Waals surface area contributed by atoms with Crippen LogP contribution < -0.4 is 5.73 Å². The van der Waals surface area contributed by atoms with Crippen LogP contribution in [0.5, 0.6) is 5.75 Å². The van der Waals surface area contributed by atoms with E-state index in [1.54, 1.807) is 12.1 Å². The maximum atomic E-state index is 12.5. The number of hydrogen-bond donors (Lipinski definition) is 2. The summed E-state index contributed by atoms with van der Waals surface area (Å²) in [6.07, 6.45) is 0. The molecule has 1 aliphatic carbocycles. The summed E-state index contributed by atoms with van der Waals surface area (Å²) in [4.78, 5) is 36.2. The largest absolute Gasteiger partial charge is 0.507 e. The molecule has 0 saturated carbocycles. The number of anilines is 1. The lowest BCUT2D eigenvalue weighted by Gasteiger charge is -2.20. The van der Waals surface area contributed by atoms with Crippen LogP contribution in [0, 0.1) is 0 Å². The zero-order valence-electron chi connectivity index (χ0n) is 10.5. The third kappa shape index (κ3) is 1.75. The number of phenolic OH excluding ortho intramolecular Hbond substituents is 1. The minimum absolute atomic E-state index is 0.178. The van der Waals surface area contributed by atoms with Gasteiger partial charge >= 0.3 is 0 Å². The third-order valence-electron chi connectivity index (χ3n) is 3.43. The highest BCUT2D eigenvalue weighted by Crippen LogP contribution is 2.38. The van der Waals surface area contributed by atoms with Gasteiger partial charge in [0.2, 0.25) is 0 Å². The number of nitrogens with two attached hydrogens (primary N) is 1. The molecule has 0 radical (unpaired) electrons. The fourth-order valence-electron chi connectivity index (χ4n) is 2.46. The summed E-state index contributed by atoms with van der Waals surface area (Å²) in [6.45, 7) is 0. The molecular weight excluding hydrogens is 294 g/mol. The molecule has 0 amide bonds. The van der Waals surface area contributed by atoms with Crippen molar-refractivity contribution in [2.24, 2.45) is 0 Å². The van der Waals surface area contributed by atoms with E-state index in [0.717, 1.165) is 6.07 Å². The molecule has 0 saturated heterocycles. The average molecular weight is 302 g/mol. The highest BCUT2D eigenvalue weighted by Gasteiger charge is 2.35. The number of aromatic hydroxyl groups is 1. The van der Waals surface area contributed by atoms with E-state index in [1.165, 1.54) is 12.1 Å². The number of benzene rings is 2. The average Bonchev–Trinajstić information content (AvgIpc) is 2.46. The minimum atomic E-state index is -0.912. The van der Waals surface area contributed by atoms with Gasteiger partial charge in [-0.2, -0.15) is 0 Å². The molecule has 104 valence electrons. The molecule has 0 aromatic heterocycles. The summed E-state index contributed by atoms with van der Waals surface area (Å²) >= 11 is 5.38. The molecule has 6 heteroatoms. The topological polar surface area (TPSA) is 97.5 Å². The first-order chi connectivity index (χ1) is 9.93. The summed E-state index contributed by atoms with van der Waals surface area (Å²) < 4.78 is 0.